The number of halogens is 1. The van der Waals surface area contributed by atoms with Crippen molar-refractivity contribution >= 4 is 6.03 Å². The van der Waals surface area contributed by atoms with E-state index in [2.05, 4.69) is 5.32 Å². The topological polar surface area (TPSA) is 61.8 Å². The first-order valence-corrected chi connectivity index (χ1v) is 9.06. The van der Waals surface area contributed by atoms with Gasteiger partial charge in [0.15, 0.2) is 0 Å². The molecule has 0 aromatic heterocycles. The van der Waals surface area contributed by atoms with Gasteiger partial charge in [-0.3, -0.25) is 0 Å². The molecule has 2 aromatic carbocycles. The third kappa shape index (κ3) is 3.90. The average molecular weight is 372 g/mol. The van der Waals surface area contributed by atoms with Gasteiger partial charge in [0.1, 0.15) is 18.2 Å². The third-order valence-corrected chi connectivity index (χ3v) is 5.24. The number of nitrogens with one attached hydrogen (secondary N) is 1. The number of urea groups is 1. The molecule has 0 bridgehead atoms. The molecule has 1 saturated heterocycles. The largest absolute Gasteiger partial charge is 0.489 e. The van der Waals surface area contributed by atoms with Gasteiger partial charge in [0, 0.05) is 12.6 Å². The number of benzene rings is 2. The van der Waals surface area contributed by atoms with Crippen LogP contribution in [0.5, 0.6) is 5.75 Å². The number of hydrogen-bond acceptors (Lipinski definition) is 3. The van der Waals surface area contributed by atoms with E-state index in [4.69, 9.17) is 4.74 Å². The molecular formula is C21H25FN2O3. The van der Waals surface area contributed by atoms with Crippen LogP contribution in [-0.4, -0.2) is 35.2 Å². The van der Waals surface area contributed by atoms with Gasteiger partial charge in [0.2, 0.25) is 0 Å². The molecule has 1 aliphatic heterocycles. The van der Waals surface area contributed by atoms with Crippen LogP contribution in [0.2, 0.25) is 0 Å². The van der Waals surface area contributed by atoms with Crippen molar-refractivity contribution in [2.75, 3.05) is 13.7 Å². The Morgan fingerprint density at radius 1 is 1.30 bits per heavy atom. The quantitative estimate of drug-likeness (QED) is 0.842. The van der Waals surface area contributed by atoms with Crippen molar-refractivity contribution in [3.8, 4) is 5.75 Å². The first kappa shape index (κ1) is 19.2. The van der Waals surface area contributed by atoms with Crippen LogP contribution in [0.1, 0.15) is 36.9 Å². The summed E-state index contributed by atoms with van der Waals surface area (Å²) in [7, 11) is 1.59. The Morgan fingerprint density at radius 3 is 2.63 bits per heavy atom. The molecule has 0 aliphatic carbocycles. The van der Waals surface area contributed by atoms with Gasteiger partial charge in [-0.1, -0.05) is 30.3 Å². The van der Waals surface area contributed by atoms with Gasteiger partial charge >= 0.3 is 6.03 Å². The van der Waals surface area contributed by atoms with E-state index in [1.54, 1.807) is 30.1 Å². The number of aliphatic hydroxyl groups is 1. The normalized spacial score (nSPS) is 21.9. The summed E-state index contributed by atoms with van der Waals surface area (Å²) in [5.74, 6) is 0.348. The van der Waals surface area contributed by atoms with Crippen LogP contribution < -0.4 is 10.1 Å². The van der Waals surface area contributed by atoms with Gasteiger partial charge in [0.25, 0.3) is 0 Å². The van der Waals surface area contributed by atoms with Gasteiger partial charge in [-0.05, 0) is 43.5 Å². The van der Waals surface area contributed by atoms with Crippen LogP contribution >= 0.6 is 0 Å². The van der Waals surface area contributed by atoms with E-state index >= 15 is 0 Å². The smallest absolute Gasteiger partial charge is 0.318 e. The second-order valence-electron chi connectivity index (χ2n) is 7.08. The highest BCUT2D eigenvalue weighted by Crippen LogP contribution is 2.42. The van der Waals surface area contributed by atoms with E-state index in [1.807, 2.05) is 31.2 Å². The van der Waals surface area contributed by atoms with Crippen LogP contribution in [-0.2, 0) is 6.61 Å². The zero-order valence-corrected chi connectivity index (χ0v) is 15.6. The molecule has 1 unspecified atom stereocenters. The van der Waals surface area contributed by atoms with E-state index < -0.39 is 5.54 Å². The Labute approximate surface area is 158 Å². The van der Waals surface area contributed by atoms with Crippen LogP contribution in [0, 0.1) is 5.82 Å². The van der Waals surface area contributed by atoms with Crippen molar-refractivity contribution in [1.29, 1.82) is 0 Å². The lowest BCUT2D eigenvalue weighted by Crippen LogP contribution is -2.51. The minimum absolute atomic E-state index is 0.0826. The van der Waals surface area contributed by atoms with Gasteiger partial charge in [-0.2, -0.15) is 0 Å². The first-order valence-electron chi connectivity index (χ1n) is 9.06. The third-order valence-electron chi connectivity index (χ3n) is 5.24. The minimum Gasteiger partial charge on any atom is -0.489 e. The fraction of sp³-hybridized carbons (Fsp3) is 0.381. The Bertz CT molecular complexity index is 796. The van der Waals surface area contributed by atoms with E-state index in [0.717, 1.165) is 18.4 Å². The SMILES string of the molecule is CNC(=O)N1[C@@H](c2ccc(OCc3ccccc3F)cc2)CCC1(C)CO. The summed E-state index contributed by atoms with van der Waals surface area (Å²) in [4.78, 5) is 14.1. The number of carbonyl (C=O) groups excluding carboxylic acids is 1. The molecule has 0 spiro atoms. The number of carbonyl (C=O) groups is 1. The molecule has 5 nitrogen and oxygen atoms in total. The van der Waals surface area contributed by atoms with Crippen molar-refractivity contribution < 1.29 is 19.0 Å². The van der Waals surface area contributed by atoms with Crippen molar-refractivity contribution in [1.82, 2.24) is 10.2 Å². The van der Waals surface area contributed by atoms with Crippen LogP contribution in [0.15, 0.2) is 48.5 Å². The van der Waals surface area contributed by atoms with E-state index in [9.17, 15) is 14.3 Å². The lowest BCUT2D eigenvalue weighted by atomic mass is 10.0. The zero-order valence-electron chi connectivity index (χ0n) is 15.6. The number of hydrogen-bond donors (Lipinski definition) is 2. The summed E-state index contributed by atoms with van der Waals surface area (Å²) in [6.45, 7) is 1.97. The molecule has 6 heteroatoms. The first-order chi connectivity index (χ1) is 13.0. The van der Waals surface area contributed by atoms with Crippen molar-refractivity contribution in [3.63, 3.8) is 0 Å². The summed E-state index contributed by atoms with van der Waals surface area (Å²) in [6, 6.07) is 13.7. The molecule has 2 amide bonds. The fourth-order valence-electron chi connectivity index (χ4n) is 3.61. The molecule has 1 heterocycles. The number of aliphatic hydroxyl groups excluding tert-OH is 1. The predicted molar refractivity (Wildman–Crippen MR) is 101 cm³/mol. The molecular weight excluding hydrogens is 347 g/mol. The van der Waals surface area contributed by atoms with Crippen molar-refractivity contribution in [3.05, 3.63) is 65.5 Å². The molecule has 1 aliphatic rings. The molecule has 2 atom stereocenters. The molecule has 27 heavy (non-hydrogen) atoms. The molecule has 3 rings (SSSR count). The maximum absolute atomic E-state index is 13.7. The second kappa shape index (κ2) is 7.96. The van der Waals surface area contributed by atoms with Gasteiger partial charge in [-0.25, -0.2) is 9.18 Å². The highest BCUT2D eigenvalue weighted by Gasteiger charge is 2.45. The van der Waals surface area contributed by atoms with Crippen molar-refractivity contribution in [2.24, 2.45) is 0 Å². The van der Waals surface area contributed by atoms with E-state index in [0.29, 0.717) is 11.3 Å². The van der Waals surface area contributed by atoms with Gasteiger partial charge in [-0.15, -0.1) is 0 Å². The summed E-state index contributed by atoms with van der Waals surface area (Å²) in [5, 5.41) is 12.4. The molecule has 2 aromatic rings. The molecule has 0 saturated carbocycles. The Kier molecular flexibility index (Phi) is 5.65. The second-order valence-corrected chi connectivity index (χ2v) is 7.08. The van der Waals surface area contributed by atoms with E-state index in [-0.39, 0.29) is 31.1 Å². The Balaban J connectivity index is 1.73. The summed E-state index contributed by atoms with van der Waals surface area (Å²) >= 11 is 0. The maximum atomic E-state index is 13.7. The number of rotatable bonds is 5. The standard InChI is InChI=1S/C21H25FN2O3/c1-21(14-25)12-11-19(24(21)20(26)23-2)15-7-9-17(10-8-15)27-13-16-5-3-4-6-18(16)22/h3-10,19,25H,11-14H2,1-2H3,(H,23,26)/t19-,21?/m1/s1. The summed E-state index contributed by atoms with van der Waals surface area (Å²) in [6.07, 6.45) is 1.51. The molecule has 2 N–H and O–H groups in total. The number of ether oxygens (including phenoxy) is 1. The van der Waals surface area contributed by atoms with Crippen LogP contribution in [0.25, 0.3) is 0 Å². The van der Waals surface area contributed by atoms with E-state index in [1.165, 1.54) is 6.07 Å². The number of likely N-dealkylation sites (tertiary alicyclic amines) is 1. The lowest BCUT2D eigenvalue weighted by molar-refractivity contribution is 0.0798. The predicted octanol–water partition coefficient (Wildman–Crippen LogP) is 3.63. The Morgan fingerprint density at radius 2 is 2.00 bits per heavy atom. The fourth-order valence-corrected chi connectivity index (χ4v) is 3.61. The summed E-state index contributed by atoms with van der Waals surface area (Å²) < 4.78 is 19.4. The molecule has 144 valence electrons. The van der Waals surface area contributed by atoms with Crippen molar-refractivity contribution in [2.45, 2.75) is 38.0 Å². The number of nitrogens with zero attached hydrogens (tertiary/aromatic N) is 1. The highest BCUT2D eigenvalue weighted by molar-refractivity contribution is 5.76. The Hall–Kier alpha value is -2.60. The van der Waals surface area contributed by atoms with Crippen LogP contribution in [0.4, 0.5) is 9.18 Å². The minimum atomic E-state index is -0.579. The number of amides is 2. The maximum Gasteiger partial charge on any atom is 0.318 e. The van der Waals surface area contributed by atoms with Gasteiger partial charge in [0.05, 0.1) is 18.2 Å². The zero-order chi connectivity index (χ0) is 19.4. The lowest BCUT2D eigenvalue weighted by Gasteiger charge is -2.37. The van der Waals surface area contributed by atoms with Crippen LogP contribution in [0.3, 0.4) is 0 Å². The molecule has 1 fully saturated rings. The monoisotopic (exact) mass is 372 g/mol. The molecule has 0 radical (unpaired) electrons. The summed E-state index contributed by atoms with van der Waals surface area (Å²) in [5.41, 5.74) is 0.904. The van der Waals surface area contributed by atoms with Gasteiger partial charge < -0.3 is 20.1 Å². The average Bonchev–Trinajstić information content (AvgIpc) is 3.05. The highest BCUT2D eigenvalue weighted by atomic mass is 19.1.